The molecule has 0 bridgehead atoms. The van der Waals surface area contributed by atoms with Gasteiger partial charge >= 0.3 is 6.18 Å². The van der Waals surface area contributed by atoms with Crippen LogP contribution in [0.5, 0.6) is 11.5 Å². The summed E-state index contributed by atoms with van der Waals surface area (Å²) in [5, 5.41) is 9.32. The van der Waals surface area contributed by atoms with E-state index in [1.165, 1.54) is 43.3 Å². The van der Waals surface area contributed by atoms with E-state index in [2.05, 4.69) is 9.97 Å². The molecule has 0 aliphatic carbocycles. The maximum Gasteiger partial charge on any atom is 0.418 e. The van der Waals surface area contributed by atoms with Crippen LogP contribution in [0.25, 0.3) is 22.2 Å². The lowest BCUT2D eigenvalue weighted by Crippen LogP contribution is -2.08. The summed E-state index contributed by atoms with van der Waals surface area (Å²) in [5.74, 6) is 0.563. The summed E-state index contributed by atoms with van der Waals surface area (Å²) in [5.41, 5.74) is -0.567. The molecule has 1 heterocycles. The Hall–Kier alpha value is -3.21. The molecule has 6 nitrogen and oxygen atoms in total. The minimum absolute atomic E-state index is 0.0780. The maximum atomic E-state index is 13.6. The van der Waals surface area contributed by atoms with Crippen LogP contribution in [-0.2, 0) is 16.0 Å². The molecule has 0 atom stereocenters. The lowest BCUT2D eigenvalue weighted by molar-refractivity contribution is -0.136. The highest BCUT2D eigenvalue weighted by molar-refractivity contribution is 7.91. The zero-order chi connectivity index (χ0) is 26.8. The van der Waals surface area contributed by atoms with Crippen LogP contribution in [-0.4, -0.2) is 35.9 Å². The monoisotopic (exact) mass is 550 g/mol. The summed E-state index contributed by atoms with van der Waals surface area (Å²) in [6.45, 7) is 1.41. The van der Waals surface area contributed by atoms with Crippen molar-refractivity contribution in [1.82, 2.24) is 9.97 Å². The molecule has 0 spiro atoms. The van der Waals surface area contributed by atoms with Crippen LogP contribution in [0.15, 0.2) is 65.6 Å². The Labute approximate surface area is 216 Å². The highest BCUT2D eigenvalue weighted by Crippen LogP contribution is 2.39. The van der Waals surface area contributed by atoms with Gasteiger partial charge in [0.1, 0.15) is 17.3 Å². The number of sulfone groups is 1. The summed E-state index contributed by atoms with van der Waals surface area (Å²) in [7, 11) is -3.57. The van der Waals surface area contributed by atoms with Gasteiger partial charge in [0.2, 0.25) is 0 Å². The number of alkyl halides is 3. The molecule has 37 heavy (non-hydrogen) atoms. The number of benzene rings is 3. The van der Waals surface area contributed by atoms with Crippen molar-refractivity contribution >= 4 is 32.3 Å². The van der Waals surface area contributed by atoms with Crippen LogP contribution < -0.4 is 4.74 Å². The van der Waals surface area contributed by atoms with Crippen LogP contribution >= 0.6 is 11.6 Å². The predicted molar refractivity (Wildman–Crippen MR) is 135 cm³/mol. The number of aliphatic hydroxyl groups excluding tert-OH is 1. The Bertz CT molecular complexity index is 1560. The maximum absolute atomic E-state index is 13.6. The topological polar surface area (TPSA) is 89.4 Å². The lowest BCUT2D eigenvalue weighted by Gasteiger charge is -2.14. The first-order valence-corrected chi connectivity index (χ1v) is 13.3. The van der Waals surface area contributed by atoms with Crippen molar-refractivity contribution < 1.29 is 31.4 Å². The quantitative estimate of drug-likeness (QED) is 0.248. The van der Waals surface area contributed by atoms with Crippen molar-refractivity contribution in [3.8, 4) is 22.8 Å². The largest absolute Gasteiger partial charge is 0.457 e. The number of nitrogens with zero attached hydrogens (tertiary/aromatic N) is 2. The number of aliphatic hydroxyl groups is 1. The molecule has 0 fully saturated rings. The number of unbranched alkanes of at least 4 members (excludes halogenated alkanes) is 1. The minimum atomic E-state index is -4.60. The third-order valence-electron chi connectivity index (χ3n) is 5.56. The molecule has 0 unspecified atom stereocenters. The zero-order valence-electron chi connectivity index (χ0n) is 19.6. The van der Waals surface area contributed by atoms with Crippen LogP contribution in [0.1, 0.15) is 24.2 Å². The van der Waals surface area contributed by atoms with Crippen LogP contribution in [0.2, 0.25) is 5.02 Å². The second-order valence-corrected chi connectivity index (χ2v) is 10.8. The van der Waals surface area contributed by atoms with E-state index in [-0.39, 0.29) is 56.2 Å². The summed E-state index contributed by atoms with van der Waals surface area (Å²) in [4.78, 5) is 8.48. The SMILES string of the molecule is Cc1nc(-c2cc(Oc3cccc(S(=O)(=O)CCCCO)c3)ccc2Cl)c2cccc(C(F)(F)F)c2n1. The van der Waals surface area contributed by atoms with Crippen molar-refractivity contribution in [2.75, 3.05) is 12.4 Å². The molecular weight excluding hydrogens is 529 g/mol. The van der Waals surface area contributed by atoms with Crippen molar-refractivity contribution in [3.63, 3.8) is 0 Å². The molecule has 1 aromatic heterocycles. The fourth-order valence-corrected chi connectivity index (χ4v) is 5.44. The fraction of sp³-hybridized carbons (Fsp3) is 0.231. The zero-order valence-corrected chi connectivity index (χ0v) is 21.2. The summed E-state index contributed by atoms with van der Waals surface area (Å²) in [6.07, 6.45) is -3.90. The van der Waals surface area contributed by atoms with Gasteiger partial charge in [0, 0.05) is 17.6 Å². The van der Waals surface area contributed by atoms with Gasteiger partial charge in [-0.3, -0.25) is 0 Å². The van der Waals surface area contributed by atoms with E-state index in [9.17, 15) is 21.6 Å². The molecule has 4 rings (SSSR count). The average molecular weight is 551 g/mol. The fourth-order valence-electron chi connectivity index (χ4n) is 3.84. The van der Waals surface area contributed by atoms with Gasteiger partial charge in [-0.15, -0.1) is 0 Å². The molecule has 0 saturated carbocycles. The number of ether oxygens (including phenoxy) is 1. The van der Waals surface area contributed by atoms with Gasteiger partial charge < -0.3 is 9.84 Å². The molecule has 1 N–H and O–H groups in total. The van der Waals surface area contributed by atoms with Gasteiger partial charge in [-0.1, -0.05) is 29.8 Å². The van der Waals surface area contributed by atoms with Gasteiger partial charge in [-0.25, -0.2) is 18.4 Å². The second kappa shape index (κ2) is 10.6. The van der Waals surface area contributed by atoms with Crippen LogP contribution in [0.3, 0.4) is 0 Å². The molecule has 0 radical (unpaired) electrons. The number of halogens is 4. The molecular formula is C26H22ClF3N2O4S. The molecule has 0 aliphatic rings. The predicted octanol–water partition coefficient (Wildman–Crippen LogP) is 6.62. The third-order valence-corrected chi connectivity index (χ3v) is 7.69. The highest BCUT2D eigenvalue weighted by Gasteiger charge is 2.34. The van der Waals surface area contributed by atoms with Crippen LogP contribution in [0.4, 0.5) is 13.2 Å². The molecule has 11 heteroatoms. The van der Waals surface area contributed by atoms with E-state index in [4.69, 9.17) is 21.4 Å². The number of aryl methyl sites for hydroxylation is 1. The first kappa shape index (κ1) is 26.8. The molecule has 0 aliphatic heterocycles. The van der Waals surface area contributed by atoms with Gasteiger partial charge in [0.25, 0.3) is 0 Å². The van der Waals surface area contributed by atoms with Crippen molar-refractivity contribution in [2.45, 2.75) is 30.8 Å². The Kier molecular flexibility index (Phi) is 7.72. The first-order valence-electron chi connectivity index (χ1n) is 11.3. The second-order valence-electron chi connectivity index (χ2n) is 8.29. The number of aromatic nitrogens is 2. The number of para-hydroxylation sites is 1. The van der Waals surface area contributed by atoms with E-state index < -0.39 is 21.6 Å². The standard InChI is InChI=1S/C26H22ClF3N2O4S/c1-16-31-24(20-8-5-9-22(25(20)32-16)26(28,29)30)21-15-18(10-11-23(21)27)36-17-6-4-7-19(14-17)37(34,35)13-3-2-12-33/h4-11,14-15,33H,2-3,12-13H2,1H3. The Morgan fingerprint density at radius 1 is 0.973 bits per heavy atom. The molecule has 0 amide bonds. The van der Waals surface area contributed by atoms with Crippen molar-refractivity contribution in [3.05, 3.63) is 77.1 Å². The smallest absolute Gasteiger partial charge is 0.418 e. The van der Waals surface area contributed by atoms with E-state index in [0.717, 1.165) is 6.07 Å². The van der Waals surface area contributed by atoms with Crippen molar-refractivity contribution in [2.24, 2.45) is 0 Å². The summed E-state index contributed by atoms with van der Waals surface area (Å²) < 4.78 is 71.9. The van der Waals surface area contributed by atoms with E-state index in [0.29, 0.717) is 18.4 Å². The number of hydrogen-bond acceptors (Lipinski definition) is 6. The van der Waals surface area contributed by atoms with E-state index in [1.807, 2.05) is 0 Å². The van der Waals surface area contributed by atoms with Crippen molar-refractivity contribution in [1.29, 1.82) is 0 Å². The summed E-state index contributed by atoms with van der Waals surface area (Å²) in [6, 6.07) is 14.3. The van der Waals surface area contributed by atoms with E-state index >= 15 is 0 Å². The number of fused-ring (bicyclic) bond motifs is 1. The number of rotatable bonds is 8. The highest BCUT2D eigenvalue weighted by atomic mass is 35.5. The minimum Gasteiger partial charge on any atom is -0.457 e. The third kappa shape index (κ3) is 6.03. The normalized spacial score (nSPS) is 12.2. The first-order chi connectivity index (χ1) is 17.5. The van der Waals surface area contributed by atoms with Gasteiger partial charge in [0.15, 0.2) is 9.84 Å². The number of hydrogen-bond donors (Lipinski definition) is 1. The molecule has 194 valence electrons. The van der Waals surface area contributed by atoms with Gasteiger partial charge in [0.05, 0.1) is 32.4 Å². The molecule has 4 aromatic rings. The van der Waals surface area contributed by atoms with E-state index in [1.54, 1.807) is 18.2 Å². The lowest BCUT2D eigenvalue weighted by atomic mass is 10.0. The average Bonchev–Trinajstić information content (AvgIpc) is 2.84. The van der Waals surface area contributed by atoms with Gasteiger partial charge in [-0.05, 0) is 62.2 Å². The molecule has 3 aromatic carbocycles. The molecule has 0 saturated heterocycles. The Morgan fingerprint density at radius 2 is 1.70 bits per heavy atom. The van der Waals surface area contributed by atoms with Gasteiger partial charge in [-0.2, -0.15) is 13.2 Å². The van der Waals surface area contributed by atoms with Crippen LogP contribution in [0, 0.1) is 6.92 Å². The Morgan fingerprint density at radius 3 is 2.43 bits per heavy atom. The summed E-state index contributed by atoms with van der Waals surface area (Å²) >= 11 is 6.43. The Balaban J connectivity index is 1.73.